The molecule has 6 nitrogen and oxygen atoms in total. The Morgan fingerprint density at radius 3 is 2.48 bits per heavy atom. The van der Waals surface area contributed by atoms with Gasteiger partial charge in [-0.05, 0) is 35.9 Å². The number of hydrogen-bond acceptors (Lipinski definition) is 6. The smallest absolute Gasteiger partial charge is 0.212 e. The monoisotopic (exact) mass is 391 g/mol. The van der Waals surface area contributed by atoms with Crippen LogP contribution in [-0.4, -0.2) is 33.6 Å². The fraction of sp³-hybridized carbons (Fsp3) is 0.143. The van der Waals surface area contributed by atoms with Crippen LogP contribution >= 0.6 is 0 Å². The molecule has 1 aliphatic heterocycles. The zero-order chi connectivity index (χ0) is 20.4. The molecule has 3 heterocycles. The van der Waals surface area contributed by atoms with Crippen molar-refractivity contribution in [2.24, 2.45) is 4.99 Å². The normalized spacial score (nSPS) is 20.6. The van der Waals surface area contributed by atoms with E-state index in [4.69, 9.17) is 5.26 Å². The summed E-state index contributed by atoms with van der Waals surface area (Å²) in [4.78, 5) is 12.6. The largest absolute Gasteiger partial charge is 0.394 e. The summed E-state index contributed by atoms with van der Waals surface area (Å²) in [5, 5.41) is 22.5. The number of nitriles is 1. The highest BCUT2D eigenvalue weighted by Crippen LogP contribution is 2.38. The lowest BCUT2D eigenvalue weighted by Gasteiger charge is -2.35. The molecule has 144 valence electrons. The van der Waals surface area contributed by atoms with Crippen molar-refractivity contribution in [3.63, 3.8) is 0 Å². The van der Waals surface area contributed by atoms with Crippen LogP contribution in [0.25, 0.3) is 0 Å². The number of halogens is 2. The molecule has 0 radical (unpaired) electrons. The first-order chi connectivity index (χ1) is 14.1. The molecule has 0 fully saturated rings. The Balaban J connectivity index is 1.87. The topological polar surface area (TPSA) is 94.2 Å². The van der Waals surface area contributed by atoms with E-state index in [9.17, 15) is 13.9 Å². The molecule has 2 aromatic heterocycles. The Morgan fingerprint density at radius 1 is 1.07 bits per heavy atom. The molecular formula is C21H15F2N5O. The van der Waals surface area contributed by atoms with E-state index in [2.05, 4.69) is 20.3 Å². The quantitative estimate of drug-likeness (QED) is 0.666. The molecule has 0 amide bonds. The maximum absolute atomic E-state index is 13.6. The number of pyridine rings is 2. The summed E-state index contributed by atoms with van der Waals surface area (Å²) in [7, 11) is 0. The summed E-state index contributed by atoms with van der Waals surface area (Å²) in [5.41, 5.74) is 0.855. The van der Waals surface area contributed by atoms with Gasteiger partial charge in [-0.15, -0.1) is 0 Å². The first-order valence-electron chi connectivity index (χ1n) is 8.78. The summed E-state index contributed by atoms with van der Waals surface area (Å²) in [6.45, 7) is -0.344. The van der Waals surface area contributed by atoms with Gasteiger partial charge in [0.05, 0.1) is 18.2 Å². The summed E-state index contributed by atoms with van der Waals surface area (Å²) >= 11 is 0. The van der Waals surface area contributed by atoms with Gasteiger partial charge in [0, 0.05) is 18.0 Å². The number of aliphatic imine (C=N–C) groups is 1. The Morgan fingerprint density at radius 2 is 1.83 bits per heavy atom. The zero-order valence-electron chi connectivity index (χ0n) is 15.0. The first-order valence-corrected chi connectivity index (χ1v) is 8.78. The van der Waals surface area contributed by atoms with Crippen molar-refractivity contribution >= 4 is 5.84 Å². The Labute approximate surface area is 165 Å². The second-order valence-electron chi connectivity index (χ2n) is 6.53. The van der Waals surface area contributed by atoms with Crippen LogP contribution in [0.5, 0.6) is 0 Å². The Kier molecular flexibility index (Phi) is 4.74. The lowest BCUT2D eigenvalue weighted by molar-refractivity contribution is 0.225. The van der Waals surface area contributed by atoms with Gasteiger partial charge in [-0.25, -0.2) is 9.37 Å². The average Bonchev–Trinajstić information content (AvgIpc) is 3.15. The molecule has 8 heteroatoms. The Hall–Kier alpha value is -3.70. The van der Waals surface area contributed by atoms with Crippen LogP contribution in [0.4, 0.5) is 8.78 Å². The SMILES string of the molecule is N#Cc1ccnc(C2=N[C@@H](CO)[C@@](c3ccc(F)cc3)(c3ccc(F)nc3)N2)c1. The van der Waals surface area contributed by atoms with Crippen molar-refractivity contribution < 1.29 is 13.9 Å². The maximum Gasteiger partial charge on any atom is 0.212 e. The molecule has 0 bridgehead atoms. The third-order valence-corrected chi connectivity index (χ3v) is 4.89. The molecule has 29 heavy (non-hydrogen) atoms. The second kappa shape index (κ2) is 7.37. The number of aliphatic hydroxyl groups is 1. The van der Waals surface area contributed by atoms with Crippen LogP contribution in [0.3, 0.4) is 0 Å². The summed E-state index contributed by atoms with van der Waals surface area (Å²) < 4.78 is 27.0. The number of aromatic nitrogens is 2. The second-order valence-corrected chi connectivity index (χ2v) is 6.53. The number of nitrogens with zero attached hydrogens (tertiary/aromatic N) is 4. The third kappa shape index (κ3) is 3.22. The minimum atomic E-state index is -1.12. The van der Waals surface area contributed by atoms with Crippen LogP contribution in [0.1, 0.15) is 22.4 Å². The highest BCUT2D eigenvalue weighted by atomic mass is 19.1. The van der Waals surface area contributed by atoms with Gasteiger partial charge in [-0.3, -0.25) is 9.98 Å². The van der Waals surface area contributed by atoms with Crippen LogP contribution in [0.2, 0.25) is 0 Å². The van der Waals surface area contributed by atoms with E-state index >= 15 is 0 Å². The van der Waals surface area contributed by atoms with E-state index in [1.165, 1.54) is 30.6 Å². The number of nitrogens with one attached hydrogen (secondary N) is 1. The molecule has 2 atom stereocenters. The molecular weight excluding hydrogens is 376 g/mol. The van der Waals surface area contributed by atoms with Crippen LogP contribution in [0.15, 0.2) is 65.9 Å². The molecule has 3 aromatic rings. The van der Waals surface area contributed by atoms with Crippen molar-refractivity contribution in [3.05, 3.63) is 95.1 Å². The van der Waals surface area contributed by atoms with Crippen LogP contribution in [0, 0.1) is 23.1 Å². The van der Waals surface area contributed by atoms with E-state index in [-0.39, 0.29) is 6.61 Å². The lowest BCUT2D eigenvalue weighted by atomic mass is 9.78. The van der Waals surface area contributed by atoms with Gasteiger partial charge in [0.15, 0.2) is 0 Å². The third-order valence-electron chi connectivity index (χ3n) is 4.89. The van der Waals surface area contributed by atoms with E-state index in [1.807, 2.05) is 6.07 Å². The lowest BCUT2D eigenvalue weighted by Crippen LogP contribution is -2.50. The minimum absolute atomic E-state index is 0.344. The first kappa shape index (κ1) is 18.7. The summed E-state index contributed by atoms with van der Waals surface area (Å²) in [6.07, 6.45) is 2.84. The fourth-order valence-corrected chi connectivity index (χ4v) is 3.51. The van der Waals surface area contributed by atoms with Gasteiger partial charge in [-0.1, -0.05) is 18.2 Å². The molecule has 0 aliphatic carbocycles. The predicted molar refractivity (Wildman–Crippen MR) is 101 cm³/mol. The average molecular weight is 391 g/mol. The summed E-state index contributed by atoms with van der Waals surface area (Å²) in [6, 6.07) is 13.0. The van der Waals surface area contributed by atoms with Crippen LogP contribution < -0.4 is 5.32 Å². The molecule has 1 aliphatic rings. The zero-order valence-corrected chi connectivity index (χ0v) is 15.0. The van der Waals surface area contributed by atoms with Crippen LogP contribution in [-0.2, 0) is 5.54 Å². The number of rotatable bonds is 4. The van der Waals surface area contributed by atoms with Crippen molar-refractivity contribution in [3.8, 4) is 6.07 Å². The van der Waals surface area contributed by atoms with Crippen molar-refractivity contribution in [2.75, 3.05) is 6.61 Å². The van der Waals surface area contributed by atoms with Gasteiger partial charge >= 0.3 is 0 Å². The van der Waals surface area contributed by atoms with E-state index in [0.717, 1.165) is 0 Å². The molecule has 4 rings (SSSR count). The molecule has 0 unspecified atom stereocenters. The molecule has 0 saturated carbocycles. The highest BCUT2D eigenvalue weighted by Gasteiger charge is 2.47. The highest BCUT2D eigenvalue weighted by molar-refractivity contribution is 6.00. The molecule has 1 aromatic carbocycles. The van der Waals surface area contributed by atoms with Gasteiger partial charge in [-0.2, -0.15) is 9.65 Å². The van der Waals surface area contributed by atoms with E-state index in [1.54, 1.807) is 30.3 Å². The van der Waals surface area contributed by atoms with Gasteiger partial charge < -0.3 is 10.4 Å². The van der Waals surface area contributed by atoms with E-state index in [0.29, 0.717) is 28.2 Å². The number of hydrogen-bond donors (Lipinski definition) is 2. The standard InChI is InChI=1S/C21H15F2N5O/c22-16-4-1-14(2-5-16)21(15-3-6-19(23)26-11-15)18(12-29)27-20(28-21)17-9-13(10-24)7-8-25-17/h1-9,11,18,29H,12H2,(H,27,28)/t18-,21+/m0/s1. The van der Waals surface area contributed by atoms with Gasteiger partial charge in [0.2, 0.25) is 5.95 Å². The van der Waals surface area contributed by atoms with Crippen molar-refractivity contribution in [1.29, 1.82) is 5.26 Å². The fourth-order valence-electron chi connectivity index (χ4n) is 3.51. The van der Waals surface area contributed by atoms with Crippen molar-refractivity contribution in [2.45, 2.75) is 11.6 Å². The van der Waals surface area contributed by atoms with E-state index < -0.39 is 23.3 Å². The minimum Gasteiger partial charge on any atom is -0.394 e. The predicted octanol–water partition coefficient (Wildman–Crippen LogP) is 2.28. The van der Waals surface area contributed by atoms with Crippen molar-refractivity contribution in [1.82, 2.24) is 15.3 Å². The number of benzene rings is 1. The summed E-state index contributed by atoms with van der Waals surface area (Å²) in [5.74, 6) is -0.704. The Bertz CT molecular complexity index is 1060. The number of amidine groups is 1. The van der Waals surface area contributed by atoms with Gasteiger partial charge in [0.1, 0.15) is 28.9 Å². The molecule has 0 saturated heterocycles. The maximum atomic E-state index is 13.6. The van der Waals surface area contributed by atoms with Gasteiger partial charge in [0.25, 0.3) is 0 Å². The molecule has 0 spiro atoms. The number of aliphatic hydroxyl groups excluding tert-OH is 1. The molecule has 2 N–H and O–H groups in total.